The molecule has 4 rings (SSSR count). The molecule has 5 nitrogen and oxygen atoms in total. The van der Waals surface area contributed by atoms with Crippen molar-refractivity contribution in [2.45, 2.75) is 43.9 Å². The zero-order chi connectivity index (χ0) is 22.1. The van der Waals surface area contributed by atoms with E-state index in [0.29, 0.717) is 0 Å². The number of hydrogen-bond acceptors (Lipinski definition) is 6. The van der Waals surface area contributed by atoms with Gasteiger partial charge in [-0.15, -0.1) is 11.3 Å². The maximum absolute atomic E-state index is 13.2. The Labute approximate surface area is 184 Å². The average Bonchev–Trinajstić information content (AvgIpc) is 3.23. The van der Waals surface area contributed by atoms with Gasteiger partial charge < -0.3 is 25.2 Å². The third kappa shape index (κ3) is 4.67. The molecule has 7 unspecified atom stereocenters. The summed E-state index contributed by atoms with van der Waals surface area (Å²) < 4.78 is 18.9. The lowest BCUT2D eigenvalue weighted by molar-refractivity contribution is -0.218. The molecule has 0 amide bonds. The van der Waals surface area contributed by atoms with E-state index in [-0.39, 0.29) is 17.7 Å². The highest BCUT2D eigenvalue weighted by Crippen LogP contribution is 2.35. The summed E-state index contributed by atoms with van der Waals surface area (Å²) in [6, 6.07) is 10.6. The smallest absolute Gasteiger partial charge is 0.123 e. The minimum atomic E-state index is -1.39. The zero-order valence-electron chi connectivity index (χ0n) is 17.1. The van der Waals surface area contributed by atoms with Gasteiger partial charge in [-0.25, -0.2) is 4.39 Å². The maximum atomic E-state index is 13.2. The van der Waals surface area contributed by atoms with E-state index in [1.807, 2.05) is 12.1 Å². The molecule has 31 heavy (non-hydrogen) atoms. The molecule has 0 saturated carbocycles. The standard InChI is InChI=1S/C24H27FO5S/c1-13-2-3-15(24-23(29)22(28)21(27)19(12-26)30-24)10-16(13)11-18-8-9-20(31-18)14-4-6-17(25)7-5-14/h2-10,13,16,19,21-24,26-29H,11-12H2,1H3. The predicted octanol–water partition coefficient (Wildman–Crippen LogP) is 2.69. The van der Waals surface area contributed by atoms with Gasteiger partial charge in [0.15, 0.2) is 0 Å². The molecular weight excluding hydrogens is 419 g/mol. The monoisotopic (exact) mass is 446 g/mol. The van der Waals surface area contributed by atoms with Crippen molar-refractivity contribution in [1.82, 2.24) is 0 Å². The van der Waals surface area contributed by atoms with E-state index < -0.39 is 37.1 Å². The molecule has 0 radical (unpaired) electrons. The molecule has 0 spiro atoms. The number of aliphatic hydroxyl groups excluding tert-OH is 4. The van der Waals surface area contributed by atoms with Crippen LogP contribution in [0.5, 0.6) is 0 Å². The second-order valence-corrected chi connectivity index (χ2v) is 9.44. The van der Waals surface area contributed by atoms with Crippen molar-refractivity contribution in [3.63, 3.8) is 0 Å². The van der Waals surface area contributed by atoms with E-state index in [2.05, 4.69) is 25.1 Å². The van der Waals surface area contributed by atoms with Crippen LogP contribution in [0.4, 0.5) is 4.39 Å². The van der Waals surface area contributed by atoms with Gasteiger partial charge in [0.2, 0.25) is 0 Å². The summed E-state index contributed by atoms with van der Waals surface area (Å²) in [7, 11) is 0. The first kappa shape index (κ1) is 22.3. The Hall–Kier alpha value is -1.87. The quantitative estimate of drug-likeness (QED) is 0.567. The third-order valence-electron chi connectivity index (χ3n) is 6.12. The fourth-order valence-electron chi connectivity index (χ4n) is 4.16. The molecule has 4 N–H and O–H groups in total. The van der Waals surface area contributed by atoms with Gasteiger partial charge in [0.1, 0.15) is 36.3 Å². The van der Waals surface area contributed by atoms with Crippen LogP contribution in [0.25, 0.3) is 10.4 Å². The van der Waals surface area contributed by atoms with E-state index in [9.17, 15) is 24.8 Å². The number of aliphatic hydroxyl groups is 4. The third-order valence-corrected chi connectivity index (χ3v) is 7.28. The van der Waals surface area contributed by atoms with Crippen molar-refractivity contribution in [1.29, 1.82) is 0 Å². The highest BCUT2D eigenvalue weighted by Gasteiger charge is 2.44. The first-order valence-electron chi connectivity index (χ1n) is 10.4. The number of hydrogen-bond donors (Lipinski definition) is 4. The summed E-state index contributed by atoms with van der Waals surface area (Å²) in [5.41, 5.74) is 1.71. The van der Waals surface area contributed by atoms with Crippen LogP contribution < -0.4 is 0 Å². The molecule has 1 aliphatic heterocycles. The molecule has 2 aromatic rings. The second-order valence-electron chi connectivity index (χ2n) is 8.28. The molecule has 1 aliphatic carbocycles. The lowest BCUT2D eigenvalue weighted by Crippen LogP contribution is -2.58. The van der Waals surface area contributed by atoms with E-state index in [0.717, 1.165) is 22.4 Å². The zero-order valence-corrected chi connectivity index (χ0v) is 18.0. The fourth-order valence-corrected chi connectivity index (χ4v) is 5.25. The summed E-state index contributed by atoms with van der Waals surface area (Å²) in [4.78, 5) is 2.27. The molecule has 1 aromatic carbocycles. The predicted molar refractivity (Wildman–Crippen MR) is 117 cm³/mol. The summed E-state index contributed by atoms with van der Waals surface area (Å²) in [6.45, 7) is 1.68. The van der Waals surface area contributed by atoms with E-state index in [4.69, 9.17) is 4.74 Å². The Kier molecular flexibility index (Phi) is 6.71. The SMILES string of the molecule is CC1C=CC(C2OC(CO)C(O)C(O)C2O)=CC1Cc1ccc(-c2ccc(F)cc2)s1. The normalized spacial score (nSPS) is 33.4. The van der Waals surface area contributed by atoms with Gasteiger partial charge in [0, 0.05) is 9.75 Å². The summed E-state index contributed by atoms with van der Waals surface area (Å²) in [5.74, 6) is 0.173. The van der Waals surface area contributed by atoms with Crippen LogP contribution in [-0.2, 0) is 11.2 Å². The lowest BCUT2D eigenvalue weighted by atomic mass is 9.81. The highest BCUT2D eigenvalue weighted by atomic mass is 32.1. The fraction of sp³-hybridized carbons (Fsp3) is 0.417. The first-order valence-corrected chi connectivity index (χ1v) is 11.2. The largest absolute Gasteiger partial charge is 0.394 e. The highest BCUT2D eigenvalue weighted by molar-refractivity contribution is 7.15. The number of allylic oxidation sites excluding steroid dienone is 2. The van der Waals surface area contributed by atoms with Gasteiger partial charge in [0.05, 0.1) is 6.61 Å². The van der Waals surface area contributed by atoms with Crippen LogP contribution in [0.3, 0.4) is 0 Å². The molecule has 166 valence electrons. The number of thiophene rings is 1. The van der Waals surface area contributed by atoms with Gasteiger partial charge >= 0.3 is 0 Å². The van der Waals surface area contributed by atoms with Crippen LogP contribution in [0.1, 0.15) is 11.8 Å². The van der Waals surface area contributed by atoms with Gasteiger partial charge in [0.25, 0.3) is 0 Å². The molecule has 2 aliphatic rings. The van der Waals surface area contributed by atoms with Crippen molar-refractivity contribution in [2.75, 3.05) is 6.61 Å². The van der Waals surface area contributed by atoms with E-state index >= 15 is 0 Å². The summed E-state index contributed by atoms with van der Waals surface area (Å²) in [5, 5.41) is 40.0. The van der Waals surface area contributed by atoms with Crippen LogP contribution in [0, 0.1) is 17.7 Å². The number of rotatable bonds is 5. The molecule has 1 aromatic heterocycles. The molecule has 1 saturated heterocycles. The summed E-state index contributed by atoms with van der Waals surface area (Å²) >= 11 is 1.67. The average molecular weight is 447 g/mol. The first-order chi connectivity index (χ1) is 14.9. The van der Waals surface area contributed by atoms with Crippen LogP contribution in [0.15, 0.2) is 60.2 Å². The second kappa shape index (κ2) is 9.32. The molecule has 0 bridgehead atoms. The Morgan fingerprint density at radius 3 is 2.45 bits per heavy atom. The minimum Gasteiger partial charge on any atom is -0.394 e. The van der Waals surface area contributed by atoms with Crippen molar-refractivity contribution < 1.29 is 29.6 Å². The van der Waals surface area contributed by atoms with Crippen molar-refractivity contribution in [3.05, 3.63) is 70.9 Å². The number of halogens is 1. The Bertz CT molecular complexity index is 951. The number of ether oxygens (including phenoxy) is 1. The number of benzene rings is 1. The Morgan fingerprint density at radius 1 is 1.00 bits per heavy atom. The van der Waals surface area contributed by atoms with Gasteiger partial charge in [-0.3, -0.25) is 0 Å². The topological polar surface area (TPSA) is 90.2 Å². The van der Waals surface area contributed by atoms with Crippen LogP contribution in [0.2, 0.25) is 0 Å². The maximum Gasteiger partial charge on any atom is 0.123 e. The van der Waals surface area contributed by atoms with Gasteiger partial charge in [-0.2, -0.15) is 0 Å². The van der Waals surface area contributed by atoms with Crippen LogP contribution in [-0.4, -0.2) is 57.6 Å². The minimum absolute atomic E-state index is 0.159. The molecule has 7 atom stereocenters. The van der Waals surface area contributed by atoms with Gasteiger partial charge in [-0.05, 0) is 53.7 Å². The van der Waals surface area contributed by atoms with E-state index in [1.165, 1.54) is 17.0 Å². The molecule has 1 fully saturated rings. The molecular formula is C24H27FO5S. The van der Waals surface area contributed by atoms with Crippen molar-refractivity contribution in [2.24, 2.45) is 11.8 Å². The van der Waals surface area contributed by atoms with E-state index in [1.54, 1.807) is 23.5 Å². The van der Waals surface area contributed by atoms with Gasteiger partial charge in [-0.1, -0.05) is 37.3 Å². The molecule has 2 heterocycles. The lowest BCUT2D eigenvalue weighted by Gasteiger charge is -2.41. The molecule has 7 heteroatoms. The van der Waals surface area contributed by atoms with Crippen molar-refractivity contribution >= 4 is 11.3 Å². The summed E-state index contributed by atoms with van der Waals surface area (Å²) in [6.07, 6.45) is 0.990. The Morgan fingerprint density at radius 2 is 1.74 bits per heavy atom. The Balaban J connectivity index is 1.51. The van der Waals surface area contributed by atoms with Crippen LogP contribution >= 0.6 is 11.3 Å². The van der Waals surface area contributed by atoms with Crippen molar-refractivity contribution in [3.8, 4) is 10.4 Å².